The number of aliphatic carboxylic acids is 1. The van der Waals surface area contributed by atoms with Crippen molar-refractivity contribution in [3.05, 3.63) is 35.4 Å². The van der Waals surface area contributed by atoms with Crippen molar-refractivity contribution in [2.24, 2.45) is 5.14 Å². The van der Waals surface area contributed by atoms with Crippen LogP contribution in [0.25, 0.3) is 0 Å². The molecule has 0 aliphatic carbocycles. The molecule has 1 amide bonds. The summed E-state index contributed by atoms with van der Waals surface area (Å²) in [5.74, 6) is -1.67. The maximum Gasteiger partial charge on any atom is 0.305 e. The Kier molecular flexibility index (Phi) is 5.86. The Hall–Kier alpha value is -1.93. The molecular weight excluding hydrogens is 296 g/mol. The lowest BCUT2D eigenvalue weighted by Crippen LogP contribution is -2.32. The van der Waals surface area contributed by atoms with E-state index in [2.05, 4.69) is 0 Å². The molecule has 8 heteroatoms. The third-order valence-electron chi connectivity index (χ3n) is 2.81. The van der Waals surface area contributed by atoms with Crippen molar-refractivity contribution in [3.8, 4) is 0 Å². The van der Waals surface area contributed by atoms with Crippen molar-refractivity contribution in [3.63, 3.8) is 0 Å². The minimum atomic E-state index is -3.67. The topological polar surface area (TPSA) is 118 Å². The lowest BCUT2D eigenvalue weighted by molar-refractivity contribution is -0.137. The molecule has 1 rings (SSSR count). The van der Waals surface area contributed by atoms with Gasteiger partial charge in [0.05, 0.1) is 12.2 Å². The third-order valence-corrected chi connectivity index (χ3v) is 3.54. The van der Waals surface area contributed by atoms with Gasteiger partial charge < -0.3 is 10.0 Å². The van der Waals surface area contributed by atoms with E-state index in [1.54, 1.807) is 25.1 Å². The monoisotopic (exact) mass is 314 g/mol. The zero-order valence-electron chi connectivity index (χ0n) is 11.7. The molecule has 0 saturated carbocycles. The van der Waals surface area contributed by atoms with E-state index in [-0.39, 0.29) is 24.6 Å². The zero-order valence-corrected chi connectivity index (χ0v) is 12.5. The second-order valence-corrected chi connectivity index (χ2v) is 6.15. The Morgan fingerprint density at radius 2 is 2.00 bits per heavy atom. The molecule has 0 unspecified atom stereocenters. The van der Waals surface area contributed by atoms with Gasteiger partial charge in [-0.15, -0.1) is 0 Å². The van der Waals surface area contributed by atoms with Crippen LogP contribution in [-0.4, -0.2) is 43.4 Å². The highest BCUT2D eigenvalue weighted by atomic mass is 32.2. The number of nitrogens with zero attached hydrogens (tertiary/aromatic N) is 1. The van der Waals surface area contributed by atoms with Gasteiger partial charge in [0.1, 0.15) is 0 Å². The van der Waals surface area contributed by atoms with Gasteiger partial charge in [-0.2, -0.15) is 0 Å². The molecule has 21 heavy (non-hydrogen) atoms. The fourth-order valence-electron chi connectivity index (χ4n) is 1.84. The quantitative estimate of drug-likeness (QED) is 0.756. The smallest absolute Gasteiger partial charge is 0.305 e. The molecule has 0 aromatic heterocycles. The number of carbonyl (C=O) groups excluding carboxylic acids is 1. The maximum absolute atomic E-state index is 12.3. The number of rotatable bonds is 7. The Morgan fingerprint density at radius 3 is 2.52 bits per heavy atom. The maximum atomic E-state index is 12.3. The molecule has 0 radical (unpaired) electrons. The predicted molar refractivity (Wildman–Crippen MR) is 77.1 cm³/mol. The van der Waals surface area contributed by atoms with E-state index in [0.717, 1.165) is 0 Å². The largest absolute Gasteiger partial charge is 0.481 e. The summed E-state index contributed by atoms with van der Waals surface area (Å²) in [6.45, 7) is 2.21. The SMILES string of the molecule is CCN(CCC(=O)O)C(=O)c1cccc(CS(N)(=O)=O)c1. The highest BCUT2D eigenvalue weighted by Crippen LogP contribution is 2.11. The van der Waals surface area contributed by atoms with Gasteiger partial charge in [-0.25, -0.2) is 13.6 Å². The number of sulfonamides is 1. The van der Waals surface area contributed by atoms with E-state index in [1.807, 2.05) is 0 Å². The van der Waals surface area contributed by atoms with Crippen LogP contribution in [0.15, 0.2) is 24.3 Å². The first-order chi connectivity index (χ1) is 9.73. The van der Waals surface area contributed by atoms with Gasteiger partial charge in [-0.1, -0.05) is 12.1 Å². The lowest BCUT2D eigenvalue weighted by atomic mass is 10.1. The summed E-state index contributed by atoms with van der Waals surface area (Å²) in [7, 11) is -3.67. The number of carboxylic acids is 1. The molecule has 0 aliphatic heterocycles. The zero-order chi connectivity index (χ0) is 16.0. The summed E-state index contributed by atoms with van der Waals surface area (Å²) in [5, 5.41) is 13.6. The van der Waals surface area contributed by atoms with Gasteiger partial charge in [0.25, 0.3) is 5.91 Å². The normalized spacial score (nSPS) is 11.1. The highest BCUT2D eigenvalue weighted by molar-refractivity contribution is 7.88. The van der Waals surface area contributed by atoms with Crippen molar-refractivity contribution in [1.29, 1.82) is 0 Å². The first-order valence-corrected chi connectivity index (χ1v) is 8.05. The molecule has 0 spiro atoms. The fourth-order valence-corrected chi connectivity index (χ4v) is 2.49. The van der Waals surface area contributed by atoms with Crippen LogP contribution < -0.4 is 5.14 Å². The molecule has 3 N–H and O–H groups in total. The standard InChI is InChI=1S/C13H18N2O5S/c1-2-15(7-6-12(16)17)13(18)11-5-3-4-10(8-11)9-21(14,19)20/h3-5,8H,2,6-7,9H2,1H3,(H,16,17)(H2,14,19,20). The molecule has 1 aromatic carbocycles. The molecule has 1 aromatic rings. The van der Waals surface area contributed by atoms with Crippen molar-refractivity contribution in [2.45, 2.75) is 19.1 Å². The Balaban J connectivity index is 2.90. The van der Waals surface area contributed by atoms with Gasteiger partial charge in [0, 0.05) is 18.7 Å². The summed E-state index contributed by atoms with van der Waals surface area (Å²) in [6.07, 6.45) is -0.142. The number of carbonyl (C=O) groups is 2. The van der Waals surface area contributed by atoms with E-state index in [9.17, 15) is 18.0 Å². The second-order valence-electron chi connectivity index (χ2n) is 4.54. The molecule has 0 bridgehead atoms. The predicted octanol–water partition coefficient (Wildman–Crippen LogP) is 0.412. The Labute approximate surface area is 123 Å². The van der Waals surface area contributed by atoms with Crippen LogP contribution in [0, 0.1) is 0 Å². The number of benzene rings is 1. The van der Waals surface area contributed by atoms with Crippen molar-refractivity contribution >= 4 is 21.9 Å². The summed E-state index contributed by atoms with van der Waals surface area (Å²) in [6, 6.07) is 6.14. The van der Waals surface area contributed by atoms with Gasteiger partial charge in [0.2, 0.25) is 10.0 Å². The molecule has 0 aliphatic rings. The van der Waals surface area contributed by atoms with Crippen LogP contribution in [0.2, 0.25) is 0 Å². The van der Waals surface area contributed by atoms with Gasteiger partial charge in [0.15, 0.2) is 0 Å². The fraction of sp³-hybridized carbons (Fsp3) is 0.385. The molecular formula is C13H18N2O5S. The van der Waals surface area contributed by atoms with E-state index in [0.29, 0.717) is 17.7 Å². The van der Waals surface area contributed by atoms with Crippen LogP contribution in [-0.2, 0) is 20.6 Å². The van der Waals surface area contributed by atoms with Gasteiger partial charge in [-0.3, -0.25) is 9.59 Å². The third kappa shape index (κ3) is 5.92. The van der Waals surface area contributed by atoms with Crippen molar-refractivity contribution in [1.82, 2.24) is 4.90 Å². The molecule has 0 heterocycles. The van der Waals surface area contributed by atoms with E-state index in [4.69, 9.17) is 10.2 Å². The van der Waals surface area contributed by atoms with Crippen LogP contribution in [0.3, 0.4) is 0 Å². The van der Waals surface area contributed by atoms with E-state index < -0.39 is 16.0 Å². The summed E-state index contributed by atoms with van der Waals surface area (Å²) >= 11 is 0. The summed E-state index contributed by atoms with van der Waals surface area (Å²) in [4.78, 5) is 24.2. The number of carboxylic acid groups (broad SMARTS) is 1. The molecule has 0 atom stereocenters. The number of amides is 1. The molecule has 0 saturated heterocycles. The molecule has 0 fully saturated rings. The average Bonchev–Trinajstić information content (AvgIpc) is 2.37. The first-order valence-electron chi connectivity index (χ1n) is 6.33. The lowest BCUT2D eigenvalue weighted by Gasteiger charge is -2.20. The Bertz CT molecular complexity index is 627. The number of nitrogens with two attached hydrogens (primary N) is 1. The van der Waals surface area contributed by atoms with Gasteiger partial charge >= 0.3 is 5.97 Å². The van der Waals surface area contributed by atoms with Gasteiger partial charge in [-0.05, 0) is 24.6 Å². The van der Waals surface area contributed by atoms with E-state index in [1.165, 1.54) is 11.0 Å². The van der Waals surface area contributed by atoms with Crippen LogP contribution in [0.4, 0.5) is 0 Å². The number of primary sulfonamides is 1. The van der Waals surface area contributed by atoms with Crippen molar-refractivity contribution in [2.75, 3.05) is 13.1 Å². The molecule has 7 nitrogen and oxygen atoms in total. The second kappa shape index (κ2) is 7.19. The number of hydrogen-bond donors (Lipinski definition) is 2. The summed E-state index contributed by atoms with van der Waals surface area (Å²) < 4.78 is 22.1. The first kappa shape index (κ1) is 17.1. The van der Waals surface area contributed by atoms with Crippen LogP contribution in [0.1, 0.15) is 29.3 Å². The van der Waals surface area contributed by atoms with Crippen molar-refractivity contribution < 1.29 is 23.1 Å². The van der Waals surface area contributed by atoms with Crippen LogP contribution >= 0.6 is 0 Å². The molecule has 116 valence electrons. The van der Waals surface area contributed by atoms with Crippen LogP contribution in [0.5, 0.6) is 0 Å². The van der Waals surface area contributed by atoms with E-state index >= 15 is 0 Å². The summed E-state index contributed by atoms with van der Waals surface area (Å²) in [5.41, 5.74) is 0.723. The highest BCUT2D eigenvalue weighted by Gasteiger charge is 2.16. The minimum absolute atomic E-state index is 0.101. The number of hydrogen-bond acceptors (Lipinski definition) is 4. The Morgan fingerprint density at radius 1 is 1.33 bits per heavy atom. The average molecular weight is 314 g/mol. The minimum Gasteiger partial charge on any atom is -0.481 e.